The van der Waals surface area contributed by atoms with Gasteiger partial charge in [0.15, 0.2) is 5.82 Å². The van der Waals surface area contributed by atoms with E-state index in [1.165, 1.54) is 0 Å². The molecule has 2 N–H and O–H groups in total. The van der Waals surface area contributed by atoms with Gasteiger partial charge in [-0.1, -0.05) is 12.1 Å². The summed E-state index contributed by atoms with van der Waals surface area (Å²) in [5, 5.41) is 9.64. The highest BCUT2D eigenvalue weighted by atomic mass is 35.5. The first-order chi connectivity index (χ1) is 8.61. The van der Waals surface area contributed by atoms with Crippen LogP contribution in [0.15, 0.2) is 24.3 Å². The predicted octanol–water partition coefficient (Wildman–Crippen LogP) is 3.02. The van der Waals surface area contributed by atoms with Crippen molar-refractivity contribution in [2.45, 2.75) is 19.7 Å². The van der Waals surface area contributed by atoms with Crippen molar-refractivity contribution in [3.05, 3.63) is 46.6 Å². The lowest BCUT2D eigenvalue weighted by atomic mass is 10.1. The van der Waals surface area contributed by atoms with E-state index in [4.69, 9.17) is 11.6 Å². The number of aromatic amines is 1. The zero-order valence-electron chi connectivity index (χ0n) is 10.2. The minimum Gasteiger partial charge on any atom is -0.305 e. The fourth-order valence-corrected chi connectivity index (χ4v) is 1.71. The number of alkyl halides is 1. The summed E-state index contributed by atoms with van der Waals surface area (Å²) in [6, 6.07) is 7.18. The van der Waals surface area contributed by atoms with Crippen LogP contribution >= 0.6 is 11.6 Å². The number of nitrogens with one attached hydrogen (secondary N) is 2. The molecule has 2 rings (SSSR count). The molecule has 0 unspecified atom stereocenters. The highest BCUT2D eigenvalue weighted by Gasteiger charge is 2.11. The third-order valence-electron chi connectivity index (χ3n) is 2.86. The maximum Gasteiger partial charge on any atom is 0.256 e. The molecular weight excluding hydrogens is 250 g/mol. The number of hydrogen-bond donors (Lipinski definition) is 2. The molecule has 0 saturated carbocycles. The van der Waals surface area contributed by atoms with Gasteiger partial charge in [-0.2, -0.15) is 5.10 Å². The molecular formula is C13H14ClN3O. The van der Waals surface area contributed by atoms with Crippen molar-refractivity contribution in [1.82, 2.24) is 10.2 Å². The van der Waals surface area contributed by atoms with Crippen molar-refractivity contribution in [2.75, 3.05) is 5.32 Å². The van der Waals surface area contributed by atoms with Crippen molar-refractivity contribution in [3.8, 4) is 0 Å². The van der Waals surface area contributed by atoms with Crippen LogP contribution in [0.1, 0.15) is 27.2 Å². The molecule has 18 heavy (non-hydrogen) atoms. The van der Waals surface area contributed by atoms with Crippen LogP contribution in [0.5, 0.6) is 0 Å². The minimum absolute atomic E-state index is 0.175. The first-order valence-corrected chi connectivity index (χ1v) is 6.13. The molecule has 0 aliphatic rings. The average Bonchev–Trinajstić information content (AvgIpc) is 2.71. The van der Waals surface area contributed by atoms with Gasteiger partial charge in [-0.15, -0.1) is 11.6 Å². The summed E-state index contributed by atoms with van der Waals surface area (Å²) in [6.07, 6.45) is 0. The highest BCUT2D eigenvalue weighted by molar-refractivity contribution is 6.17. The molecule has 0 spiro atoms. The van der Waals surface area contributed by atoms with Crippen molar-refractivity contribution >= 4 is 23.3 Å². The number of anilines is 1. The van der Waals surface area contributed by atoms with Gasteiger partial charge in [0.05, 0.1) is 0 Å². The Hall–Kier alpha value is -1.81. The molecule has 1 heterocycles. The lowest BCUT2D eigenvalue weighted by molar-refractivity contribution is 0.102. The van der Waals surface area contributed by atoms with Crippen molar-refractivity contribution in [1.29, 1.82) is 0 Å². The molecule has 1 aromatic carbocycles. The van der Waals surface area contributed by atoms with E-state index in [1.54, 1.807) is 12.1 Å². The lowest BCUT2D eigenvalue weighted by Gasteiger charge is -2.04. The molecule has 4 nitrogen and oxygen atoms in total. The first-order valence-electron chi connectivity index (χ1n) is 5.59. The predicted molar refractivity (Wildman–Crippen MR) is 72.0 cm³/mol. The number of carbonyl (C=O) groups is 1. The molecule has 0 saturated heterocycles. The number of aryl methyl sites for hydroxylation is 1. The van der Waals surface area contributed by atoms with Crippen LogP contribution in [0.4, 0.5) is 5.82 Å². The topological polar surface area (TPSA) is 57.8 Å². The molecule has 5 heteroatoms. The van der Waals surface area contributed by atoms with Gasteiger partial charge in [0, 0.05) is 22.7 Å². The van der Waals surface area contributed by atoms with E-state index < -0.39 is 0 Å². The number of H-pyrrole nitrogens is 1. The second-order valence-corrected chi connectivity index (χ2v) is 4.37. The van der Waals surface area contributed by atoms with E-state index in [0.717, 1.165) is 16.8 Å². The Morgan fingerprint density at radius 1 is 1.33 bits per heavy atom. The van der Waals surface area contributed by atoms with Gasteiger partial charge in [-0.25, -0.2) is 0 Å². The molecule has 0 radical (unpaired) electrons. The summed E-state index contributed by atoms with van der Waals surface area (Å²) < 4.78 is 0. The minimum atomic E-state index is -0.175. The highest BCUT2D eigenvalue weighted by Crippen LogP contribution is 2.15. The maximum atomic E-state index is 12.0. The fourth-order valence-electron chi connectivity index (χ4n) is 1.53. The SMILES string of the molecule is Cc1[nH]nc(NC(=O)c2ccc(CCl)cc2)c1C. The van der Waals surface area contributed by atoms with Gasteiger partial charge < -0.3 is 5.32 Å². The lowest BCUT2D eigenvalue weighted by Crippen LogP contribution is -2.12. The molecule has 0 bridgehead atoms. The van der Waals surface area contributed by atoms with Gasteiger partial charge in [0.25, 0.3) is 5.91 Å². The number of carbonyl (C=O) groups excluding carboxylic acids is 1. The third kappa shape index (κ3) is 2.54. The summed E-state index contributed by atoms with van der Waals surface area (Å²) in [7, 11) is 0. The van der Waals surface area contributed by atoms with Crippen LogP contribution < -0.4 is 5.32 Å². The molecule has 0 aliphatic carbocycles. The van der Waals surface area contributed by atoms with Crippen LogP contribution in [-0.4, -0.2) is 16.1 Å². The Balaban J connectivity index is 2.14. The Labute approximate surface area is 110 Å². The van der Waals surface area contributed by atoms with E-state index >= 15 is 0 Å². The second kappa shape index (κ2) is 5.23. The van der Waals surface area contributed by atoms with Crippen LogP contribution in [0, 0.1) is 13.8 Å². The summed E-state index contributed by atoms with van der Waals surface area (Å²) in [6.45, 7) is 3.82. The standard InChI is InChI=1S/C13H14ClN3O/c1-8-9(2)16-17-12(8)15-13(18)11-5-3-10(7-14)4-6-11/h3-6H,7H2,1-2H3,(H2,15,16,17,18). The van der Waals surface area contributed by atoms with Gasteiger partial charge >= 0.3 is 0 Å². The molecule has 0 fully saturated rings. The number of aromatic nitrogens is 2. The van der Waals surface area contributed by atoms with Crippen molar-refractivity contribution in [2.24, 2.45) is 0 Å². The first kappa shape index (κ1) is 12.6. The molecule has 0 aliphatic heterocycles. The summed E-state index contributed by atoms with van der Waals surface area (Å²) in [5.41, 5.74) is 3.47. The van der Waals surface area contributed by atoms with Crippen LogP contribution in [-0.2, 0) is 5.88 Å². The zero-order chi connectivity index (χ0) is 13.1. The second-order valence-electron chi connectivity index (χ2n) is 4.11. The van der Waals surface area contributed by atoms with E-state index in [0.29, 0.717) is 17.3 Å². The van der Waals surface area contributed by atoms with E-state index in [9.17, 15) is 4.79 Å². The maximum absolute atomic E-state index is 12.0. The number of halogens is 1. The number of hydrogen-bond acceptors (Lipinski definition) is 2. The number of nitrogens with zero attached hydrogens (tertiary/aromatic N) is 1. The quantitative estimate of drug-likeness (QED) is 0.837. The fraction of sp³-hybridized carbons (Fsp3) is 0.231. The normalized spacial score (nSPS) is 10.4. The molecule has 0 atom stereocenters. The van der Waals surface area contributed by atoms with E-state index in [2.05, 4.69) is 15.5 Å². The molecule has 1 amide bonds. The number of rotatable bonds is 3. The van der Waals surface area contributed by atoms with Crippen LogP contribution in [0.25, 0.3) is 0 Å². The largest absolute Gasteiger partial charge is 0.305 e. The number of benzene rings is 1. The Morgan fingerprint density at radius 2 is 2.00 bits per heavy atom. The van der Waals surface area contributed by atoms with Gasteiger partial charge in [-0.3, -0.25) is 9.89 Å². The molecule has 2 aromatic rings. The smallest absolute Gasteiger partial charge is 0.256 e. The Morgan fingerprint density at radius 3 is 2.50 bits per heavy atom. The Bertz CT molecular complexity index is 560. The van der Waals surface area contributed by atoms with Gasteiger partial charge in [0.1, 0.15) is 0 Å². The third-order valence-corrected chi connectivity index (χ3v) is 3.16. The molecule has 94 valence electrons. The summed E-state index contributed by atoms with van der Waals surface area (Å²) in [4.78, 5) is 12.0. The van der Waals surface area contributed by atoms with E-state index in [1.807, 2.05) is 26.0 Å². The zero-order valence-corrected chi connectivity index (χ0v) is 11.0. The Kier molecular flexibility index (Phi) is 3.67. The molecule has 1 aromatic heterocycles. The van der Waals surface area contributed by atoms with Crippen LogP contribution in [0.3, 0.4) is 0 Å². The monoisotopic (exact) mass is 263 g/mol. The van der Waals surface area contributed by atoms with Crippen LogP contribution in [0.2, 0.25) is 0 Å². The van der Waals surface area contributed by atoms with E-state index in [-0.39, 0.29) is 5.91 Å². The van der Waals surface area contributed by atoms with Gasteiger partial charge in [0.2, 0.25) is 0 Å². The number of amides is 1. The van der Waals surface area contributed by atoms with Crippen molar-refractivity contribution < 1.29 is 4.79 Å². The van der Waals surface area contributed by atoms with Gasteiger partial charge in [-0.05, 0) is 31.5 Å². The summed E-state index contributed by atoms with van der Waals surface area (Å²) in [5.74, 6) is 0.837. The van der Waals surface area contributed by atoms with Crippen molar-refractivity contribution in [3.63, 3.8) is 0 Å². The summed E-state index contributed by atoms with van der Waals surface area (Å²) >= 11 is 5.70. The average molecular weight is 264 g/mol.